The fraction of sp³-hybridized carbons (Fsp3) is 0.0667. The molecule has 8 heteroatoms. The van der Waals surface area contributed by atoms with E-state index in [2.05, 4.69) is 10.6 Å². The molecule has 6 nitrogen and oxygen atoms in total. The van der Waals surface area contributed by atoms with Crippen molar-refractivity contribution in [3.63, 3.8) is 0 Å². The number of nitrogen functional groups attached to an aromatic ring is 1. The van der Waals surface area contributed by atoms with Crippen molar-refractivity contribution in [3.05, 3.63) is 46.4 Å². The molecule has 2 aromatic rings. The molecule has 0 saturated heterocycles. The summed E-state index contributed by atoms with van der Waals surface area (Å²) in [5.74, 6) is -1.40. The highest BCUT2D eigenvalue weighted by Crippen LogP contribution is 2.28. The summed E-state index contributed by atoms with van der Waals surface area (Å²) in [7, 11) is 1.44. The first-order chi connectivity index (χ1) is 10.9. The first-order valence-corrected chi connectivity index (χ1v) is 7.17. The van der Waals surface area contributed by atoms with E-state index in [1.54, 1.807) is 18.2 Å². The first kappa shape index (κ1) is 16.9. The van der Waals surface area contributed by atoms with Gasteiger partial charge in [0.05, 0.1) is 23.5 Å². The number of hydrogen-bond acceptors (Lipinski definition) is 4. The van der Waals surface area contributed by atoms with Crippen LogP contribution >= 0.6 is 23.2 Å². The number of benzene rings is 2. The number of halogens is 2. The van der Waals surface area contributed by atoms with Crippen LogP contribution in [0.3, 0.4) is 0 Å². The third-order valence-corrected chi connectivity index (χ3v) is 3.41. The van der Waals surface area contributed by atoms with E-state index in [-0.39, 0.29) is 16.4 Å². The number of nitrogens with two attached hydrogens (primary N) is 1. The molecule has 2 amide bonds. The number of hydrogen-bond donors (Lipinski definition) is 3. The maximum atomic E-state index is 12.0. The normalized spacial score (nSPS) is 10.0. The Balaban J connectivity index is 2.11. The molecule has 0 atom stereocenters. The van der Waals surface area contributed by atoms with Crippen molar-refractivity contribution in [2.75, 3.05) is 23.5 Å². The second-order valence-corrected chi connectivity index (χ2v) is 5.34. The minimum Gasteiger partial charge on any atom is -0.495 e. The number of carbonyl (C=O) groups excluding carboxylic acids is 2. The predicted molar refractivity (Wildman–Crippen MR) is 91.1 cm³/mol. The van der Waals surface area contributed by atoms with Crippen LogP contribution in [-0.4, -0.2) is 18.9 Å². The van der Waals surface area contributed by atoms with Gasteiger partial charge in [-0.2, -0.15) is 0 Å². The van der Waals surface area contributed by atoms with Crippen molar-refractivity contribution < 1.29 is 14.3 Å². The third kappa shape index (κ3) is 4.28. The Kier molecular flexibility index (Phi) is 5.31. The lowest BCUT2D eigenvalue weighted by Gasteiger charge is -2.11. The molecule has 0 radical (unpaired) electrons. The number of methoxy groups -OCH3 is 1. The summed E-state index contributed by atoms with van der Waals surface area (Å²) in [6, 6.07) is 9.18. The van der Waals surface area contributed by atoms with E-state index in [1.165, 1.54) is 25.3 Å². The Morgan fingerprint density at radius 1 is 1.00 bits per heavy atom. The van der Waals surface area contributed by atoms with Crippen molar-refractivity contribution in [1.29, 1.82) is 0 Å². The molecule has 0 aromatic heterocycles. The summed E-state index contributed by atoms with van der Waals surface area (Å²) in [6.45, 7) is 0. The lowest BCUT2D eigenvalue weighted by atomic mass is 10.2. The van der Waals surface area contributed by atoms with Gasteiger partial charge in [-0.3, -0.25) is 9.59 Å². The summed E-state index contributed by atoms with van der Waals surface area (Å²) in [5, 5.41) is 5.44. The molecule has 0 aliphatic rings. The van der Waals surface area contributed by atoms with Crippen LogP contribution in [0.15, 0.2) is 36.4 Å². The Morgan fingerprint density at radius 3 is 2.26 bits per heavy atom. The van der Waals surface area contributed by atoms with E-state index in [0.29, 0.717) is 16.5 Å². The molecule has 2 rings (SSSR count). The number of carbonyl (C=O) groups is 2. The molecule has 0 spiro atoms. The van der Waals surface area contributed by atoms with Gasteiger partial charge in [-0.1, -0.05) is 23.2 Å². The minimum absolute atomic E-state index is 0.228. The second-order valence-electron chi connectivity index (χ2n) is 4.49. The topological polar surface area (TPSA) is 93.4 Å². The van der Waals surface area contributed by atoms with E-state index in [1.807, 2.05) is 0 Å². The van der Waals surface area contributed by atoms with E-state index < -0.39 is 11.8 Å². The van der Waals surface area contributed by atoms with Gasteiger partial charge in [0.2, 0.25) is 0 Å². The fourth-order valence-corrected chi connectivity index (χ4v) is 2.18. The molecule has 4 N–H and O–H groups in total. The molecule has 0 heterocycles. The molecule has 0 aliphatic carbocycles. The highest BCUT2D eigenvalue weighted by atomic mass is 35.5. The van der Waals surface area contributed by atoms with Crippen molar-refractivity contribution >= 4 is 52.1 Å². The zero-order valence-corrected chi connectivity index (χ0v) is 13.5. The number of amides is 2. The van der Waals surface area contributed by atoms with Gasteiger partial charge in [0.1, 0.15) is 5.75 Å². The average molecular weight is 354 g/mol. The highest BCUT2D eigenvalue weighted by molar-refractivity contribution is 6.45. The van der Waals surface area contributed by atoms with Gasteiger partial charge in [0.25, 0.3) is 0 Å². The van der Waals surface area contributed by atoms with Gasteiger partial charge in [0, 0.05) is 10.7 Å². The molecule has 0 aliphatic heterocycles. The smallest absolute Gasteiger partial charge is 0.314 e. The average Bonchev–Trinajstić information content (AvgIpc) is 2.50. The Hall–Kier alpha value is -2.44. The molecular weight excluding hydrogens is 341 g/mol. The largest absolute Gasteiger partial charge is 0.495 e. The zero-order chi connectivity index (χ0) is 17.0. The van der Waals surface area contributed by atoms with E-state index >= 15 is 0 Å². The quantitative estimate of drug-likeness (QED) is 0.583. The Labute approximate surface area is 142 Å². The van der Waals surface area contributed by atoms with Crippen LogP contribution < -0.4 is 21.1 Å². The molecule has 23 heavy (non-hydrogen) atoms. The number of ether oxygens (including phenoxy) is 1. The SMILES string of the molecule is COc1ccc(Cl)cc1NC(=O)C(=O)Nc1ccc(N)cc1Cl. The summed E-state index contributed by atoms with van der Waals surface area (Å²) < 4.78 is 5.09. The minimum atomic E-state index is -0.890. The van der Waals surface area contributed by atoms with Crippen LogP contribution in [0.2, 0.25) is 10.0 Å². The molecule has 120 valence electrons. The van der Waals surface area contributed by atoms with Crippen LogP contribution in [0.5, 0.6) is 5.75 Å². The fourth-order valence-electron chi connectivity index (χ4n) is 1.77. The Bertz CT molecular complexity index is 766. The van der Waals surface area contributed by atoms with Crippen molar-refractivity contribution in [3.8, 4) is 5.75 Å². The predicted octanol–water partition coefficient (Wildman–Crippen LogP) is 3.16. The second kappa shape index (κ2) is 7.21. The zero-order valence-electron chi connectivity index (χ0n) is 12.0. The monoisotopic (exact) mass is 353 g/mol. The van der Waals surface area contributed by atoms with E-state index in [9.17, 15) is 9.59 Å². The number of nitrogens with one attached hydrogen (secondary N) is 2. The van der Waals surface area contributed by atoms with Crippen molar-refractivity contribution in [2.45, 2.75) is 0 Å². The van der Waals surface area contributed by atoms with E-state index in [4.69, 9.17) is 33.7 Å². The molecule has 0 fully saturated rings. The number of rotatable bonds is 3. The third-order valence-electron chi connectivity index (χ3n) is 2.86. The van der Waals surface area contributed by atoms with Gasteiger partial charge in [-0.25, -0.2) is 0 Å². The summed E-state index contributed by atoms with van der Waals surface area (Å²) in [6.07, 6.45) is 0. The van der Waals surface area contributed by atoms with Crippen molar-refractivity contribution in [2.24, 2.45) is 0 Å². The van der Waals surface area contributed by atoms with Crippen LogP contribution in [0.1, 0.15) is 0 Å². The molecular formula is C15H13Cl2N3O3. The van der Waals surface area contributed by atoms with Crippen LogP contribution in [0, 0.1) is 0 Å². The van der Waals surface area contributed by atoms with Crippen LogP contribution in [0.25, 0.3) is 0 Å². The summed E-state index contributed by atoms with van der Waals surface area (Å²) >= 11 is 11.8. The lowest BCUT2D eigenvalue weighted by Crippen LogP contribution is -2.29. The molecule has 0 bridgehead atoms. The molecule has 2 aromatic carbocycles. The standard InChI is InChI=1S/C15H13Cl2N3O3/c1-23-13-5-2-8(16)6-12(13)20-15(22)14(21)19-11-4-3-9(18)7-10(11)17/h2-7H,18H2,1H3,(H,19,21)(H,20,22). The van der Waals surface area contributed by atoms with Gasteiger partial charge in [-0.05, 0) is 36.4 Å². The van der Waals surface area contributed by atoms with Gasteiger partial charge >= 0.3 is 11.8 Å². The van der Waals surface area contributed by atoms with Crippen molar-refractivity contribution in [1.82, 2.24) is 0 Å². The van der Waals surface area contributed by atoms with Crippen LogP contribution in [0.4, 0.5) is 17.1 Å². The van der Waals surface area contributed by atoms with Gasteiger partial charge in [-0.15, -0.1) is 0 Å². The maximum Gasteiger partial charge on any atom is 0.314 e. The molecule has 0 saturated carbocycles. The summed E-state index contributed by atoms with van der Waals surface area (Å²) in [4.78, 5) is 23.9. The van der Waals surface area contributed by atoms with Crippen LogP contribution in [-0.2, 0) is 9.59 Å². The molecule has 0 unspecified atom stereocenters. The first-order valence-electron chi connectivity index (χ1n) is 6.41. The van der Waals surface area contributed by atoms with Gasteiger partial charge < -0.3 is 21.1 Å². The van der Waals surface area contributed by atoms with E-state index in [0.717, 1.165) is 0 Å². The highest BCUT2D eigenvalue weighted by Gasteiger charge is 2.17. The summed E-state index contributed by atoms with van der Waals surface area (Å²) in [5.41, 5.74) is 6.57. The van der Waals surface area contributed by atoms with Gasteiger partial charge in [0.15, 0.2) is 0 Å². The lowest BCUT2D eigenvalue weighted by molar-refractivity contribution is -0.133. The number of anilines is 3. The maximum absolute atomic E-state index is 12.0. The Morgan fingerprint density at radius 2 is 1.65 bits per heavy atom.